The Kier molecular flexibility index (Phi) is 4.49. The van der Waals surface area contributed by atoms with Crippen molar-refractivity contribution >= 4 is 5.82 Å². The smallest absolute Gasteiger partial charge is 0.255 e. The fourth-order valence-electron chi connectivity index (χ4n) is 1.48. The molecule has 0 spiro atoms. The number of aromatic nitrogens is 2. The quantitative estimate of drug-likeness (QED) is 0.796. The predicted molar refractivity (Wildman–Crippen MR) is 63.3 cm³/mol. The highest BCUT2D eigenvalue weighted by Crippen LogP contribution is 2.19. The molecule has 90 valence electrons. The molecule has 0 radical (unpaired) electrons. The largest absolute Gasteiger partial charge is 0.383 e. The van der Waals surface area contributed by atoms with Gasteiger partial charge in [0, 0.05) is 6.61 Å². The third kappa shape index (κ3) is 2.82. The minimum atomic E-state index is -0.191. The van der Waals surface area contributed by atoms with Gasteiger partial charge in [0.2, 0.25) is 0 Å². The molecule has 0 aliphatic rings. The molecule has 1 aromatic rings. The summed E-state index contributed by atoms with van der Waals surface area (Å²) in [4.78, 5) is 18.4. The molecular formula is C11H19N3O2. The Bertz CT molecular complexity index is 395. The van der Waals surface area contributed by atoms with Gasteiger partial charge < -0.3 is 15.5 Å². The van der Waals surface area contributed by atoms with E-state index in [1.807, 2.05) is 6.92 Å². The number of anilines is 1. The van der Waals surface area contributed by atoms with Gasteiger partial charge in [0.1, 0.15) is 17.7 Å². The molecule has 1 rings (SSSR count). The minimum Gasteiger partial charge on any atom is -0.383 e. The Morgan fingerprint density at radius 3 is 2.69 bits per heavy atom. The topological polar surface area (TPSA) is 81.0 Å². The maximum Gasteiger partial charge on any atom is 0.255 e. The number of nitrogens with one attached hydrogen (secondary N) is 1. The van der Waals surface area contributed by atoms with E-state index in [4.69, 9.17) is 10.5 Å². The van der Waals surface area contributed by atoms with Crippen molar-refractivity contribution in [1.82, 2.24) is 9.97 Å². The maximum absolute atomic E-state index is 11.5. The van der Waals surface area contributed by atoms with Gasteiger partial charge in [-0.05, 0) is 20.3 Å². The maximum atomic E-state index is 11.5. The van der Waals surface area contributed by atoms with Crippen molar-refractivity contribution in [2.45, 2.75) is 39.7 Å². The van der Waals surface area contributed by atoms with Gasteiger partial charge in [-0.1, -0.05) is 13.3 Å². The number of nitrogens with zero attached hydrogens (tertiary/aromatic N) is 1. The summed E-state index contributed by atoms with van der Waals surface area (Å²) in [6.07, 6.45) is 1.60. The molecule has 1 atom stereocenters. The van der Waals surface area contributed by atoms with Gasteiger partial charge >= 0.3 is 0 Å². The zero-order chi connectivity index (χ0) is 12.1. The molecule has 5 nitrogen and oxygen atoms in total. The standard InChI is InChI=1S/C11H19N3O2/c1-4-6-8(16-5-2)10-13-9(12)7(3)11(15)14-10/h8H,4-6H2,1-3H3,(H3,12,13,14,15). The van der Waals surface area contributed by atoms with Crippen LogP contribution in [-0.2, 0) is 4.74 Å². The van der Waals surface area contributed by atoms with Crippen LogP contribution in [0.4, 0.5) is 5.82 Å². The van der Waals surface area contributed by atoms with Crippen LogP contribution in [0.15, 0.2) is 4.79 Å². The molecule has 0 saturated heterocycles. The predicted octanol–water partition coefficient (Wildman–Crippen LogP) is 1.54. The molecule has 0 saturated carbocycles. The van der Waals surface area contributed by atoms with Gasteiger partial charge in [-0.3, -0.25) is 4.79 Å². The lowest BCUT2D eigenvalue weighted by Gasteiger charge is -2.15. The Balaban J connectivity index is 3.05. The number of nitrogens with two attached hydrogens (primary N) is 1. The number of rotatable bonds is 5. The van der Waals surface area contributed by atoms with Crippen molar-refractivity contribution in [2.75, 3.05) is 12.3 Å². The third-order valence-electron chi connectivity index (χ3n) is 2.43. The minimum absolute atomic E-state index is 0.175. The summed E-state index contributed by atoms with van der Waals surface area (Å²) in [5.74, 6) is 0.802. The fraction of sp³-hybridized carbons (Fsp3) is 0.636. The van der Waals surface area contributed by atoms with E-state index < -0.39 is 0 Å². The molecular weight excluding hydrogens is 206 g/mol. The molecule has 0 amide bonds. The second kappa shape index (κ2) is 5.65. The van der Waals surface area contributed by atoms with Gasteiger partial charge in [-0.25, -0.2) is 4.98 Å². The average Bonchev–Trinajstić information content (AvgIpc) is 2.25. The van der Waals surface area contributed by atoms with Crippen LogP contribution >= 0.6 is 0 Å². The molecule has 1 unspecified atom stereocenters. The lowest BCUT2D eigenvalue weighted by Crippen LogP contribution is -2.20. The molecule has 3 N–H and O–H groups in total. The van der Waals surface area contributed by atoms with Crippen LogP contribution in [-0.4, -0.2) is 16.6 Å². The molecule has 0 bridgehead atoms. The Morgan fingerprint density at radius 2 is 2.19 bits per heavy atom. The van der Waals surface area contributed by atoms with E-state index in [-0.39, 0.29) is 17.5 Å². The fourth-order valence-corrected chi connectivity index (χ4v) is 1.48. The number of hydrogen-bond acceptors (Lipinski definition) is 4. The Morgan fingerprint density at radius 1 is 1.50 bits per heavy atom. The molecule has 0 aliphatic carbocycles. The highest BCUT2D eigenvalue weighted by Gasteiger charge is 2.15. The highest BCUT2D eigenvalue weighted by molar-refractivity contribution is 5.36. The van der Waals surface area contributed by atoms with Crippen LogP contribution in [0.5, 0.6) is 0 Å². The first kappa shape index (κ1) is 12.7. The van der Waals surface area contributed by atoms with Crippen molar-refractivity contribution in [2.24, 2.45) is 0 Å². The van der Waals surface area contributed by atoms with E-state index in [0.717, 1.165) is 12.8 Å². The summed E-state index contributed by atoms with van der Waals surface area (Å²) in [7, 11) is 0. The van der Waals surface area contributed by atoms with E-state index in [1.165, 1.54) is 0 Å². The van der Waals surface area contributed by atoms with Gasteiger partial charge in [-0.2, -0.15) is 0 Å². The monoisotopic (exact) mass is 225 g/mol. The van der Waals surface area contributed by atoms with Gasteiger partial charge in [0.25, 0.3) is 5.56 Å². The van der Waals surface area contributed by atoms with Crippen molar-refractivity contribution in [3.8, 4) is 0 Å². The Hall–Kier alpha value is -1.36. The molecule has 16 heavy (non-hydrogen) atoms. The lowest BCUT2D eigenvalue weighted by molar-refractivity contribution is 0.0493. The third-order valence-corrected chi connectivity index (χ3v) is 2.43. The molecule has 0 fully saturated rings. The van der Waals surface area contributed by atoms with Crippen LogP contribution in [0.25, 0.3) is 0 Å². The first-order valence-corrected chi connectivity index (χ1v) is 5.58. The zero-order valence-corrected chi connectivity index (χ0v) is 10.0. The van der Waals surface area contributed by atoms with Gasteiger partial charge in [0.05, 0.1) is 5.56 Å². The molecule has 0 aliphatic heterocycles. The van der Waals surface area contributed by atoms with Crippen LogP contribution in [0.1, 0.15) is 44.2 Å². The first-order chi connectivity index (χ1) is 7.60. The number of H-pyrrole nitrogens is 1. The summed E-state index contributed by atoms with van der Waals surface area (Å²) in [5.41, 5.74) is 5.93. The van der Waals surface area contributed by atoms with Gasteiger partial charge in [-0.15, -0.1) is 0 Å². The van der Waals surface area contributed by atoms with Crippen LogP contribution in [0, 0.1) is 6.92 Å². The molecule has 1 heterocycles. The highest BCUT2D eigenvalue weighted by atomic mass is 16.5. The number of nitrogen functional groups attached to an aromatic ring is 1. The SMILES string of the molecule is CCCC(OCC)c1nc(N)c(C)c(=O)[nH]1. The van der Waals surface area contributed by atoms with Crippen LogP contribution < -0.4 is 11.3 Å². The van der Waals surface area contributed by atoms with Gasteiger partial charge in [0.15, 0.2) is 0 Å². The Labute approximate surface area is 95.0 Å². The first-order valence-electron chi connectivity index (χ1n) is 5.58. The van der Waals surface area contributed by atoms with E-state index in [9.17, 15) is 4.79 Å². The van der Waals surface area contributed by atoms with E-state index in [1.54, 1.807) is 6.92 Å². The second-order valence-electron chi connectivity index (χ2n) is 3.69. The molecule has 0 aromatic carbocycles. The second-order valence-corrected chi connectivity index (χ2v) is 3.69. The number of hydrogen-bond donors (Lipinski definition) is 2. The average molecular weight is 225 g/mol. The van der Waals surface area contributed by atoms with Crippen molar-refractivity contribution in [3.05, 3.63) is 21.7 Å². The summed E-state index contributed by atoms with van der Waals surface area (Å²) in [6.45, 7) is 6.21. The molecule has 5 heteroatoms. The van der Waals surface area contributed by atoms with Crippen LogP contribution in [0.3, 0.4) is 0 Å². The lowest BCUT2D eigenvalue weighted by atomic mass is 10.2. The van der Waals surface area contributed by atoms with Crippen LogP contribution in [0.2, 0.25) is 0 Å². The number of aromatic amines is 1. The summed E-state index contributed by atoms with van der Waals surface area (Å²) in [6, 6.07) is 0. The van der Waals surface area contributed by atoms with Crippen molar-refractivity contribution < 1.29 is 4.74 Å². The number of ether oxygens (including phenoxy) is 1. The normalized spacial score (nSPS) is 12.7. The van der Waals surface area contributed by atoms with E-state index in [0.29, 0.717) is 18.0 Å². The summed E-state index contributed by atoms with van der Waals surface area (Å²) in [5, 5.41) is 0. The molecule has 1 aromatic heterocycles. The summed E-state index contributed by atoms with van der Waals surface area (Å²) >= 11 is 0. The van der Waals surface area contributed by atoms with Crippen molar-refractivity contribution in [3.63, 3.8) is 0 Å². The summed E-state index contributed by atoms with van der Waals surface area (Å²) < 4.78 is 5.53. The van der Waals surface area contributed by atoms with E-state index in [2.05, 4.69) is 16.9 Å². The van der Waals surface area contributed by atoms with E-state index >= 15 is 0 Å². The van der Waals surface area contributed by atoms with Crippen molar-refractivity contribution in [1.29, 1.82) is 0 Å². The zero-order valence-electron chi connectivity index (χ0n) is 10.0.